The van der Waals surface area contributed by atoms with Crippen LogP contribution in [0.1, 0.15) is 42.2 Å². The molecule has 1 N–H and O–H groups in total. The highest BCUT2D eigenvalue weighted by atomic mass is 19.1. The van der Waals surface area contributed by atoms with Crippen molar-refractivity contribution >= 4 is 5.97 Å². The topological polar surface area (TPSA) is 37.3 Å². The van der Waals surface area contributed by atoms with E-state index < -0.39 is 11.9 Å². The Morgan fingerprint density at radius 3 is 2.69 bits per heavy atom. The molecule has 1 saturated carbocycles. The molecule has 2 unspecified atom stereocenters. The van der Waals surface area contributed by atoms with Crippen LogP contribution in [0, 0.1) is 11.7 Å². The largest absolute Gasteiger partial charge is 0.481 e. The predicted molar refractivity (Wildman–Crippen MR) is 56.9 cm³/mol. The lowest BCUT2D eigenvalue weighted by Crippen LogP contribution is -2.08. The van der Waals surface area contributed by atoms with Crippen molar-refractivity contribution in [2.45, 2.75) is 31.1 Å². The third kappa shape index (κ3) is 1.42. The summed E-state index contributed by atoms with van der Waals surface area (Å²) in [7, 11) is 0. The van der Waals surface area contributed by atoms with Gasteiger partial charge in [-0.25, -0.2) is 4.39 Å². The van der Waals surface area contributed by atoms with Crippen molar-refractivity contribution in [1.29, 1.82) is 0 Å². The quantitative estimate of drug-likeness (QED) is 0.832. The van der Waals surface area contributed by atoms with E-state index in [1.807, 2.05) is 0 Å². The van der Waals surface area contributed by atoms with Gasteiger partial charge in [-0.3, -0.25) is 4.79 Å². The summed E-state index contributed by atoms with van der Waals surface area (Å²) in [6, 6.07) is 4.62. The molecule has 0 radical (unpaired) electrons. The summed E-state index contributed by atoms with van der Waals surface area (Å²) >= 11 is 0. The molecule has 0 amide bonds. The first-order valence-electron chi connectivity index (χ1n) is 5.69. The molecule has 2 aliphatic carbocycles. The molecule has 0 heterocycles. The molecular formula is C13H13FO2. The van der Waals surface area contributed by atoms with Crippen molar-refractivity contribution in [1.82, 2.24) is 0 Å². The monoisotopic (exact) mass is 220 g/mol. The van der Waals surface area contributed by atoms with E-state index >= 15 is 0 Å². The maximum atomic E-state index is 13.1. The Morgan fingerprint density at radius 1 is 1.31 bits per heavy atom. The number of aliphatic carboxylic acids is 1. The predicted octanol–water partition coefficient (Wildman–Crippen LogP) is 2.89. The molecule has 1 fully saturated rings. The van der Waals surface area contributed by atoms with E-state index in [4.69, 9.17) is 5.11 Å². The van der Waals surface area contributed by atoms with Gasteiger partial charge in [-0.2, -0.15) is 0 Å². The first kappa shape index (κ1) is 9.82. The van der Waals surface area contributed by atoms with Crippen molar-refractivity contribution in [3.63, 3.8) is 0 Å². The minimum atomic E-state index is -0.824. The fourth-order valence-corrected chi connectivity index (χ4v) is 2.87. The zero-order chi connectivity index (χ0) is 11.3. The van der Waals surface area contributed by atoms with Gasteiger partial charge in [0.2, 0.25) is 0 Å². The lowest BCUT2D eigenvalue weighted by atomic mass is 9.96. The standard InChI is InChI=1S/C13H13FO2/c14-8-3-4-9-10(7-1-2-7)6-12(13(15)16)11(9)5-8/h3-5,7,10,12H,1-2,6H2,(H,15,16). The third-order valence-electron chi connectivity index (χ3n) is 3.80. The molecule has 0 bridgehead atoms. The first-order chi connectivity index (χ1) is 7.66. The zero-order valence-electron chi connectivity index (χ0n) is 8.82. The fraction of sp³-hybridized carbons (Fsp3) is 0.462. The highest BCUT2D eigenvalue weighted by Gasteiger charge is 2.42. The number of halogens is 1. The number of hydrogen-bond donors (Lipinski definition) is 1. The molecular weight excluding hydrogens is 207 g/mol. The number of hydrogen-bond acceptors (Lipinski definition) is 1. The summed E-state index contributed by atoms with van der Waals surface area (Å²) in [4.78, 5) is 11.1. The molecule has 2 atom stereocenters. The average Bonchev–Trinajstić information content (AvgIpc) is 2.99. The average molecular weight is 220 g/mol. The summed E-state index contributed by atoms with van der Waals surface area (Å²) in [6.45, 7) is 0. The first-order valence-corrected chi connectivity index (χ1v) is 5.69. The number of carboxylic acids is 1. The van der Waals surface area contributed by atoms with Crippen molar-refractivity contribution in [2.75, 3.05) is 0 Å². The van der Waals surface area contributed by atoms with Crippen LogP contribution in [0.5, 0.6) is 0 Å². The summed E-state index contributed by atoms with van der Waals surface area (Å²) in [5.74, 6) is -0.682. The lowest BCUT2D eigenvalue weighted by molar-refractivity contribution is -0.138. The minimum Gasteiger partial charge on any atom is -0.481 e. The molecule has 0 saturated heterocycles. The zero-order valence-corrected chi connectivity index (χ0v) is 8.82. The van der Waals surface area contributed by atoms with Gasteiger partial charge in [-0.15, -0.1) is 0 Å². The third-order valence-corrected chi connectivity index (χ3v) is 3.80. The van der Waals surface area contributed by atoms with Crippen LogP contribution in [0.4, 0.5) is 4.39 Å². The lowest BCUT2D eigenvalue weighted by Gasteiger charge is -2.08. The van der Waals surface area contributed by atoms with E-state index in [9.17, 15) is 9.18 Å². The van der Waals surface area contributed by atoms with Gasteiger partial charge < -0.3 is 5.11 Å². The smallest absolute Gasteiger partial charge is 0.311 e. The van der Waals surface area contributed by atoms with Gasteiger partial charge in [0.05, 0.1) is 5.92 Å². The second-order valence-electron chi connectivity index (χ2n) is 4.84. The SMILES string of the molecule is O=C(O)C1CC(C2CC2)c2ccc(F)cc21. The van der Waals surface area contributed by atoms with Crippen molar-refractivity contribution in [3.8, 4) is 0 Å². The van der Waals surface area contributed by atoms with Crippen LogP contribution in [0.25, 0.3) is 0 Å². The van der Waals surface area contributed by atoms with Gasteiger partial charge in [-0.1, -0.05) is 6.07 Å². The van der Waals surface area contributed by atoms with Crippen LogP contribution < -0.4 is 0 Å². The van der Waals surface area contributed by atoms with Crippen LogP contribution in [-0.4, -0.2) is 11.1 Å². The van der Waals surface area contributed by atoms with E-state index in [1.54, 1.807) is 6.07 Å². The molecule has 16 heavy (non-hydrogen) atoms. The highest BCUT2D eigenvalue weighted by Crippen LogP contribution is 2.53. The normalized spacial score (nSPS) is 27.8. The summed E-state index contributed by atoms with van der Waals surface area (Å²) in [5, 5.41) is 9.15. The van der Waals surface area contributed by atoms with Gasteiger partial charge in [0.1, 0.15) is 5.82 Å². The number of fused-ring (bicyclic) bond motifs is 1. The van der Waals surface area contributed by atoms with Crippen LogP contribution >= 0.6 is 0 Å². The van der Waals surface area contributed by atoms with Gasteiger partial charge in [0.25, 0.3) is 0 Å². The van der Waals surface area contributed by atoms with Crippen molar-refractivity contribution in [3.05, 3.63) is 35.1 Å². The van der Waals surface area contributed by atoms with E-state index in [2.05, 4.69) is 0 Å². The van der Waals surface area contributed by atoms with Crippen LogP contribution in [0.2, 0.25) is 0 Å². The molecule has 0 spiro atoms. The Bertz CT molecular complexity index is 451. The molecule has 0 aliphatic heterocycles. The highest BCUT2D eigenvalue weighted by molar-refractivity contribution is 5.78. The Kier molecular flexibility index (Phi) is 2.03. The molecule has 1 aromatic rings. The molecule has 2 aliphatic rings. The summed E-state index contributed by atoms with van der Waals surface area (Å²) < 4.78 is 13.1. The molecule has 84 valence electrons. The summed E-state index contributed by atoms with van der Waals surface area (Å²) in [6.07, 6.45) is 3.03. The molecule has 0 aromatic heterocycles. The van der Waals surface area contributed by atoms with Gasteiger partial charge >= 0.3 is 5.97 Å². The molecule has 2 nitrogen and oxygen atoms in total. The number of rotatable bonds is 2. The van der Waals surface area contributed by atoms with E-state index in [-0.39, 0.29) is 5.82 Å². The minimum absolute atomic E-state index is 0.332. The molecule has 1 aromatic carbocycles. The number of carboxylic acid groups (broad SMARTS) is 1. The second kappa shape index (κ2) is 3.30. The van der Waals surface area contributed by atoms with Crippen molar-refractivity contribution < 1.29 is 14.3 Å². The Hall–Kier alpha value is -1.38. The van der Waals surface area contributed by atoms with Crippen LogP contribution in [0.15, 0.2) is 18.2 Å². The van der Waals surface area contributed by atoms with E-state index in [0.29, 0.717) is 23.8 Å². The molecule has 3 heteroatoms. The Balaban J connectivity index is 2.05. The van der Waals surface area contributed by atoms with Crippen molar-refractivity contribution in [2.24, 2.45) is 5.92 Å². The Labute approximate surface area is 93.1 Å². The summed E-state index contributed by atoms with van der Waals surface area (Å²) in [5.41, 5.74) is 1.76. The van der Waals surface area contributed by atoms with Gasteiger partial charge in [-0.05, 0) is 54.4 Å². The fourth-order valence-electron chi connectivity index (χ4n) is 2.87. The van der Waals surface area contributed by atoms with Gasteiger partial charge in [0, 0.05) is 0 Å². The van der Waals surface area contributed by atoms with E-state index in [0.717, 1.165) is 5.56 Å². The number of carbonyl (C=O) groups is 1. The second-order valence-corrected chi connectivity index (χ2v) is 4.84. The Morgan fingerprint density at radius 2 is 2.06 bits per heavy atom. The number of benzene rings is 1. The van der Waals surface area contributed by atoms with Gasteiger partial charge in [0.15, 0.2) is 0 Å². The van der Waals surface area contributed by atoms with Crippen LogP contribution in [-0.2, 0) is 4.79 Å². The van der Waals surface area contributed by atoms with Crippen LogP contribution in [0.3, 0.4) is 0 Å². The molecule has 3 rings (SSSR count). The maximum absolute atomic E-state index is 13.1. The van der Waals surface area contributed by atoms with E-state index in [1.165, 1.54) is 25.0 Å². The maximum Gasteiger partial charge on any atom is 0.311 e.